The van der Waals surface area contributed by atoms with E-state index in [2.05, 4.69) is 44.3 Å². The van der Waals surface area contributed by atoms with Crippen LogP contribution in [0.1, 0.15) is 139 Å². The van der Waals surface area contributed by atoms with E-state index < -0.39 is 103 Å². The van der Waals surface area contributed by atoms with Crippen molar-refractivity contribution in [2.24, 2.45) is 69.0 Å². The summed E-state index contributed by atoms with van der Waals surface area (Å²) in [5.41, 5.74) is -2.81. The molecule has 0 radical (unpaired) electrons. The number of pyridine rings is 2. The molecule has 2 N–H and O–H groups in total. The number of hydrogen-bond acceptors (Lipinski definition) is 21. The highest BCUT2D eigenvalue weighted by atomic mass is 79.9. The molecule has 117 heavy (non-hydrogen) atoms. The molecule has 8 fully saturated rings. The summed E-state index contributed by atoms with van der Waals surface area (Å²) < 4.78 is 69.6. The number of ketones is 2. The molecule has 6 heterocycles. The molecule has 0 spiro atoms. The number of fused-ring (bicyclic) bond motifs is 4. The highest BCUT2D eigenvalue weighted by Crippen LogP contribution is 2.59. The van der Waals surface area contributed by atoms with Crippen molar-refractivity contribution in [3.05, 3.63) is 148 Å². The lowest BCUT2D eigenvalue weighted by Crippen LogP contribution is -2.48. The molecule has 8 aliphatic rings. The molecule has 7 aromatic rings. The SMILES string of the molecule is C.C=C[C@@H]1C[C@]1(CC(=O)[C@@H]1C[C@@H](Oc2cc(-n3cccn3)nc3c(Cl)c(OC)ccc23)CN1C(=O)[C@@H](CC(=O)OC1C[C@@H]2C[C@@H]2C1)C(C)(C)C)C(=O)O.C=C[C@@H]1C[C@]1(CC(=O)[C@@H]1C[C@H](OS(=O)(=O)c2ccc(Br)cc2)CN1C(=O)[C@@H](CC(=O)OC1C[C@@H]2C[C@@H]2C1)C(C)(C)C)C(=O)OC.COc1ccc2c(=O)cc(-n3cccn3)[nH]c2c1Cl. The Balaban J connectivity index is 0.000000176. The van der Waals surface area contributed by atoms with Crippen molar-refractivity contribution < 1.29 is 84.5 Å². The first kappa shape index (κ1) is 87.0. The van der Waals surface area contributed by atoms with Gasteiger partial charge in [0.05, 0.1) is 97.5 Å². The molecule has 6 aliphatic carbocycles. The maximum absolute atomic E-state index is 14.6. The second-order valence-electron chi connectivity index (χ2n) is 34.1. The fraction of sp³-hybridized carbons (Fsp3) is 0.512. The minimum atomic E-state index is -4.23. The van der Waals surface area contributed by atoms with Crippen molar-refractivity contribution in [3.8, 4) is 28.9 Å². The number of aromatic nitrogens is 6. The van der Waals surface area contributed by atoms with Crippen LogP contribution >= 0.6 is 39.1 Å². The molecule has 6 saturated carbocycles. The van der Waals surface area contributed by atoms with E-state index in [0.717, 1.165) is 25.7 Å². The first-order chi connectivity index (χ1) is 55.0. The fourth-order valence-corrected chi connectivity index (χ4v) is 19.3. The number of Topliss-reactive ketones (excluding diaryl/α,β-unsaturated/α-hetero) is 2. The van der Waals surface area contributed by atoms with E-state index in [1.807, 2.05) is 41.5 Å². The fourth-order valence-electron chi connectivity index (χ4n) is 17.4. The third-order valence-electron chi connectivity index (χ3n) is 24.4. The van der Waals surface area contributed by atoms with Gasteiger partial charge < -0.3 is 48.3 Å². The number of likely N-dealkylation sites (tertiary alicyclic amines) is 2. The Bertz CT molecular complexity index is 5150. The molecule has 2 unspecified atom stereocenters. The zero-order chi connectivity index (χ0) is 83.4. The van der Waals surface area contributed by atoms with Gasteiger partial charge in [-0.05, 0) is 158 Å². The summed E-state index contributed by atoms with van der Waals surface area (Å²) in [6.45, 7) is 18.6. The monoisotopic (exact) mass is 1730 g/mol. The molecular formula is C86H101BrCl2N8O19S. The molecule has 2 aliphatic heterocycles. The summed E-state index contributed by atoms with van der Waals surface area (Å²) in [5.74, 6) is -1.40. The lowest BCUT2D eigenvalue weighted by Gasteiger charge is -2.35. The Morgan fingerprint density at radius 2 is 1.13 bits per heavy atom. The number of rotatable bonds is 27. The smallest absolute Gasteiger partial charge is 0.312 e. The number of nitrogens with zero attached hydrogens (tertiary/aromatic N) is 7. The number of aromatic amines is 1. The van der Waals surface area contributed by atoms with Crippen LogP contribution in [0.2, 0.25) is 10.0 Å². The number of benzene rings is 3. The Labute approximate surface area is 698 Å². The van der Waals surface area contributed by atoms with Crippen LogP contribution in [0.5, 0.6) is 17.2 Å². The molecule has 2 saturated heterocycles. The quantitative estimate of drug-likeness (QED) is 0.0209. The van der Waals surface area contributed by atoms with Gasteiger partial charge >= 0.3 is 23.9 Å². The molecule has 3 aromatic carbocycles. The molecule has 31 heteroatoms. The molecule has 16 atom stereocenters. The summed E-state index contributed by atoms with van der Waals surface area (Å²) in [4.78, 5) is 131. The van der Waals surface area contributed by atoms with Crippen LogP contribution in [-0.4, -0.2) is 171 Å². The van der Waals surface area contributed by atoms with Crippen LogP contribution in [0.4, 0.5) is 0 Å². The average Bonchev–Trinajstić information content (AvgIpc) is 1.59. The molecule has 2 amide bonds. The van der Waals surface area contributed by atoms with Gasteiger partial charge in [-0.15, -0.1) is 13.2 Å². The minimum absolute atomic E-state index is 0. The average molecular weight is 1730 g/mol. The van der Waals surface area contributed by atoms with Gasteiger partial charge in [-0.2, -0.15) is 18.6 Å². The number of amides is 2. The summed E-state index contributed by atoms with van der Waals surface area (Å²) in [7, 11) is 0.0776. The zero-order valence-electron chi connectivity index (χ0n) is 66.2. The van der Waals surface area contributed by atoms with E-state index in [4.69, 9.17) is 60.8 Å². The summed E-state index contributed by atoms with van der Waals surface area (Å²) in [6.07, 6.45) is 13.8. The number of hydrogen-bond donors (Lipinski definition) is 2. The summed E-state index contributed by atoms with van der Waals surface area (Å²) in [6, 6.07) is 17.5. The number of halogens is 3. The molecule has 27 nitrogen and oxygen atoms in total. The van der Waals surface area contributed by atoms with Crippen LogP contribution < -0.4 is 19.6 Å². The van der Waals surface area contributed by atoms with Gasteiger partial charge in [0.15, 0.2) is 22.8 Å². The van der Waals surface area contributed by atoms with Crippen LogP contribution in [0, 0.1) is 69.0 Å². The van der Waals surface area contributed by atoms with Gasteiger partial charge in [-0.3, -0.25) is 47.3 Å². The van der Waals surface area contributed by atoms with Crippen LogP contribution in [-0.2, 0) is 66.9 Å². The second kappa shape index (κ2) is 34.6. The third kappa shape index (κ3) is 18.8. The first-order valence-electron chi connectivity index (χ1n) is 39.0. The second-order valence-corrected chi connectivity index (χ2v) is 37.4. The third-order valence-corrected chi connectivity index (χ3v) is 27.1. The standard InChI is InChI=1S/C39H45ClN4O8.C33H42BrNO9S.C13H10ClN3O2.CH4/c1-6-23-18-39(23,37(48)49)19-29(45)28-15-25(20-43(28)36(47)27(38(2,3)4)16-33(46)52-24-13-21-12-22(21)14-24)51-31-17-32(44-11-7-10-41-44)42-35-26(31)8-9-30(50-5)34(35)40;1-6-21-16-33(21,31(39)42-5)17-28(36)27-14-24(44-45(40,41)25-9-7-22(34)8-10-25)18-35(27)30(38)26(32(2,3)4)15-29(37)43-23-12-19-11-20(19)13-23;1-19-10-4-3-8-9(18)7-11(16-13(8)12(10)14)17-6-2-5-15-17;/h6-11,17,21-25,27-28H,1,12-16,18-20H2,2-5H3,(H,48,49);6-10,19-21,23-24,26-27H,1,11-18H2,2-5H3;2-7H,1H3,(H,16,18);1H4/t21-,22+,23-,24?,25-,27-,28+,39-;19-,20+,21-,23?,24+,26-,27+,33-;;/m11../s1. The molecular weight excluding hydrogens is 1630 g/mol. The lowest BCUT2D eigenvalue weighted by molar-refractivity contribution is -0.157. The number of carboxylic acids is 1. The van der Waals surface area contributed by atoms with Gasteiger partial charge in [-0.1, -0.05) is 100 Å². The largest absolute Gasteiger partial charge is 0.495 e. The number of H-pyrrole nitrogens is 1. The van der Waals surface area contributed by atoms with Gasteiger partial charge in [0.2, 0.25) is 11.8 Å². The maximum Gasteiger partial charge on any atom is 0.312 e. The maximum atomic E-state index is 14.6. The van der Waals surface area contributed by atoms with E-state index in [1.54, 1.807) is 101 Å². The van der Waals surface area contributed by atoms with Crippen molar-refractivity contribution in [1.82, 2.24) is 39.3 Å². The highest BCUT2D eigenvalue weighted by Gasteiger charge is 2.63. The zero-order valence-corrected chi connectivity index (χ0v) is 70.1. The number of methoxy groups -OCH3 is 3. The Kier molecular flexibility index (Phi) is 25.7. The van der Waals surface area contributed by atoms with Gasteiger partial charge in [0.1, 0.15) is 51.4 Å². The van der Waals surface area contributed by atoms with Crippen LogP contribution in [0.15, 0.2) is 137 Å². The van der Waals surface area contributed by atoms with E-state index in [-0.39, 0.29) is 110 Å². The van der Waals surface area contributed by atoms with Crippen molar-refractivity contribution >= 4 is 118 Å². The van der Waals surface area contributed by atoms with Crippen molar-refractivity contribution in [2.45, 2.75) is 180 Å². The number of allylic oxidation sites excluding steroid dienone is 2. The number of ether oxygens (including phenoxy) is 6. The van der Waals surface area contributed by atoms with Crippen molar-refractivity contribution in [1.29, 1.82) is 0 Å². The van der Waals surface area contributed by atoms with E-state index in [1.165, 1.54) is 62.2 Å². The van der Waals surface area contributed by atoms with Gasteiger partial charge in [0, 0.05) is 84.4 Å². The Hall–Kier alpha value is -9.29. The van der Waals surface area contributed by atoms with Crippen LogP contribution in [0.25, 0.3) is 33.4 Å². The number of carbonyl (C=O) groups excluding carboxylic acids is 7. The number of esters is 3. The number of nitrogens with one attached hydrogen (secondary N) is 1. The van der Waals surface area contributed by atoms with Crippen molar-refractivity contribution in [3.63, 3.8) is 0 Å². The summed E-state index contributed by atoms with van der Waals surface area (Å²) >= 11 is 16.2. The predicted molar refractivity (Wildman–Crippen MR) is 438 cm³/mol. The molecule has 626 valence electrons. The highest BCUT2D eigenvalue weighted by molar-refractivity contribution is 9.10. The van der Waals surface area contributed by atoms with E-state index >= 15 is 0 Å². The molecule has 15 rings (SSSR count). The number of carboxylic acid groups (broad SMARTS) is 1. The Morgan fingerprint density at radius 1 is 0.641 bits per heavy atom. The Morgan fingerprint density at radius 3 is 1.61 bits per heavy atom. The molecule has 4 aromatic heterocycles. The summed E-state index contributed by atoms with van der Waals surface area (Å²) in [5, 5.41) is 20.3. The van der Waals surface area contributed by atoms with Gasteiger partial charge in [-0.25, -0.2) is 14.3 Å². The lowest BCUT2D eigenvalue weighted by atomic mass is 9.77. The first-order valence-corrected chi connectivity index (χ1v) is 42.0. The van der Waals surface area contributed by atoms with Gasteiger partial charge in [0.25, 0.3) is 10.1 Å². The van der Waals surface area contributed by atoms with Crippen LogP contribution in [0.3, 0.4) is 0 Å². The van der Waals surface area contributed by atoms with E-state index in [0.29, 0.717) is 96.7 Å². The number of aliphatic carboxylic acids is 1. The van der Waals surface area contributed by atoms with Crippen molar-refractivity contribution in [2.75, 3.05) is 34.4 Å². The minimum Gasteiger partial charge on any atom is -0.495 e. The normalized spacial score (nSPS) is 26.3. The number of carbonyl (C=O) groups is 8. The van der Waals surface area contributed by atoms with E-state index in [9.17, 15) is 56.7 Å². The predicted octanol–water partition coefficient (Wildman–Crippen LogP) is 13.9. The topological polar surface area (TPSA) is 343 Å². The molecule has 0 bridgehead atoms.